The highest BCUT2D eigenvalue weighted by molar-refractivity contribution is 5.46. The van der Waals surface area contributed by atoms with Gasteiger partial charge in [-0.3, -0.25) is 0 Å². The van der Waals surface area contributed by atoms with Crippen LogP contribution in [-0.2, 0) is 11.8 Å². The topological polar surface area (TPSA) is 99.9 Å². The van der Waals surface area contributed by atoms with Crippen LogP contribution < -0.4 is 16.2 Å². The van der Waals surface area contributed by atoms with Gasteiger partial charge in [0.1, 0.15) is 5.82 Å². The molecule has 4 N–H and O–H groups in total. The second-order valence-corrected chi connectivity index (χ2v) is 5.95. The number of ether oxygens (including phenoxy) is 1. The highest BCUT2D eigenvalue weighted by Crippen LogP contribution is 2.29. The van der Waals surface area contributed by atoms with Crippen molar-refractivity contribution in [3.05, 3.63) is 35.2 Å². The van der Waals surface area contributed by atoms with Gasteiger partial charge in [0.15, 0.2) is 0 Å². The van der Waals surface area contributed by atoms with Crippen LogP contribution >= 0.6 is 0 Å². The lowest BCUT2D eigenvalue weighted by Crippen LogP contribution is -2.16. The third-order valence-electron chi connectivity index (χ3n) is 3.28. The van der Waals surface area contributed by atoms with Crippen molar-refractivity contribution < 1.29 is 4.74 Å². The lowest BCUT2D eigenvalue weighted by Gasteiger charge is -2.23. The molecule has 0 radical (unpaired) electrons. The van der Waals surface area contributed by atoms with Gasteiger partial charge in [-0.15, -0.1) is 0 Å². The van der Waals surface area contributed by atoms with Crippen LogP contribution in [0.1, 0.15) is 37.5 Å². The summed E-state index contributed by atoms with van der Waals surface area (Å²) in [5.41, 5.74) is 14.5. The van der Waals surface area contributed by atoms with Crippen LogP contribution in [-0.4, -0.2) is 22.1 Å². The van der Waals surface area contributed by atoms with Crippen LogP contribution in [0, 0.1) is 0 Å². The van der Waals surface area contributed by atoms with Gasteiger partial charge in [0.05, 0.1) is 7.11 Å². The Morgan fingerprint density at radius 1 is 1.10 bits per heavy atom. The summed E-state index contributed by atoms with van der Waals surface area (Å²) >= 11 is 0. The summed E-state index contributed by atoms with van der Waals surface area (Å²) in [6.07, 6.45) is 4.12. The summed E-state index contributed by atoms with van der Waals surface area (Å²) in [7, 11) is 1.60. The molecular weight excluding hydrogens is 266 g/mol. The van der Waals surface area contributed by atoms with Gasteiger partial charge < -0.3 is 16.2 Å². The lowest BCUT2D eigenvalue weighted by molar-refractivity contribution is 0.396. The molecule has 112 valence electrons. The van der Waals surface area contributed by atoms with Gasteiger partial charge in [-0.2, -0.15) is 4.98 Å². The van der Waals surface area contributed by atoms with Gasteiger partial charge in [0.2, 0.25) is 11.8 Å². The highest BCUT2D eigenvalue weighted by atomic mass is 16.5. The van der Waals surface area contributed by atoms with Crippen molar-refractivity contribution in [1.29, 1.82) is 0 Å². The Morgan fingerprint density at radius 3 is 2.38 bits per heavy atom. The third kappa shape index (κ3) is 3.39. The van der Waals surface area contributed by atoms with E-state index in [1.54, 1.807) is 13.3 Å². The number of anilines is 2. The van der Waals surface area contributed by atoms with Gasteiger partial charge >= 0.3 is 0 Å². The van der Waals surface area contributed by atoms with E-state index in [0.717, 1.165) is 16.7 Å². The number of aromatic nitrogens is 3. The van der Waals surface area contributed by atoms with Crippen LogP contribution in [0.25, 0.3) is 0 Å². The van der Waals surface area contributed by atoms with E-state index in [1.165, 1.54) is 0 Å². The molecule has 0 aromatic carbocycles. The molecule has 2 aromatic heterocycles. The van der Waals surface area contributed by atoms with Crippen LogP contribution in [0.3, 0.4) is 0 Å². The quantitative estimate of drug-likeness (QED) is 0.894. The Bertz CT molecular complexity index is 649. The minimum atomic E-state index is -0.0297. The molecule has 0 amide bonds. The Hall–Kier alpha value is -2.37. The second-order valence-electron chi connectivity index (χ2n) is 5.95. The molecule has 0 spiro atoms. The number of rotatable bonds is 3. The van der Waals surface area contributed by atoms with Crippen LogP contribution in [0.2, 0.25) is 0 Å². The Labute approximate surface area is 124 Å². The first-order chi connectivity index (χ1) is 9.81. The van der Waals surface area contributed by atoms with E-state index < -0.39 is 0 Å². The molecule has 0 fully saturated rings. The molecule has 2 rings (SSSR count). The number of pyridine rings is 1. The maximum atomic E-state index is 5.92. The molecule has 6 heteroatoms. The van der Waals surface area contributed by atoms with Crippen molar-refractivity contribution in [2.24, 2.45) is 0 Å². The van der Waals surface area contributed by atoms with E-state index in [4.69, 9.17) is 16.2 Å². The van der Waals surface area contributed by atoms with Crippen molar-refractivity contribution in [2.45, 2.75) is 32.6 Å². The summed E-state index contributed by atoms with van der Waals surface area (Å²) in [6.45, 7) is 6.43. The lowest BCUT2D eigenvalue weighted by atomic mass is 9.83. The SMILES string of the molecule is COc1cc(Cc2cnc(N)nc2N)c(C(C)(C)C)cn1. The summed E-state index contributed by atoms with van der Waals surface area (Å²) in [6, 6.07) is 1.93. The zero-order chi connectivity index (χ0) is 15.6. The Balaban J connectivity index is 2.46. The van der Waals surface area contributed by atoms with Crippen LogP contribution in [0.5, 0.6) is 5.88 Å². The first-order valence-electron chi connectivity index (χ1n) is 6.71. The normalized spacial score (nSPS) is 11.4. The van der Waals surface area contributed by atoms with Gasteiger partial charge in [-0.05, 0) is 16.5 Å². The van der Waals surface area contributed by atoms with E-state index in [0.29, 0.717) is 18.1 Å². The first kappa shape index (κ1) is 15.0. The zero-order valence-corrected chi connectivity index (χ0v) is 12.8. The number of nitrogens with two attached hydrogens (primary N) is 2. The van der Waals surface area contributed by atoms with Gasteiger partial charge in [0.25, 0.3) is 0 Å². The Kier molecular flexibility index (Phi) is 3.97. The molecule has 0 saturated carbocycles. The monoisotopic (exact) mass is 287 g/mol. The molecule has 0 aliphatic heterocycles. The minimum Gasteiger partial charge on any atom is -0.481 e. The molecule has 6 nitrogen and oxygen atoms in total. The maximum Gasteiger partial charge on any atom is 0.221 e. The van der Waals surface area contributed by atoms with Gasteiger partial charge in [-0.1, -0.05) is 20.8 Å². The predicted molar refractivity (Wildman–Crippen MR) is 83.2 cm³/mol. The van der Waals surface area contributed by atoms with Crippen LogP contribution in [0.4, 0.5) is 11.8 Å². The fourth-order valence-corrected chi connectivity index (χ4v) is 2.18. The van der Waals surface area contributed by atoms with Crippen molar-refractivity contribution in [3.63, 3.8) is 0 Å². The van der Waals surface area contributed by atoms with Crippen molar-refractivity contribution in [2.75, 3.05) is 18.6 Å². The van der Waals surface area contributed by atoms with E-state index >= 15 is 0 Å². The Morgan fingerprint density at radius 2 is 1.81 bits per heavy atom. The summed E-state index contributed by atoms with van der Waals surface area (Å²) in [5, 5.41) is 0. The average Bonchev–Trinajstić information content (AvgIpc) is 2.40. The molecule has 21 heavy (non-hydrogen) atoms. The molecule has 2 aromatic rings. The third-order valence-corrected chi connectivity index (χ3v) is 3.28. The zero-order valence-electron chi connectivity index (χ0n) is 12.8. The smallest absolute Gasteiger partial charge is 0.221 e. The number of methoxy groups -OCH3 is 1. The number of hydrogen-bond acceptors (Lipinski definition) is 6. The largest absolute Gasteiger partial charge is 0.481 e. The molecule has 0 atom stereocenters. The van der Waals surface area contributed by atoms with E-state index in [2.05, 4.69) is 35.7 Å². The van der Waals surface area contributed by atoms with E-state index in [1.807, 2.05) is 12.3 Å². The fourth-order valence-electron chi connectivity index (χ4n) is 2.18. The molecule has 0 aliphatic rings. The predicted octanol–water partition coefficient (Wildman–Crippen LogP) is 1.93. The summed E-state index contributed by atoms with van der Waals surface area (Å²) in [4.78, 5) is 12.3. The fraction of sp³-hybridized carbons (Fsp3) is 0.400. The number of nitrogens with zero attached hydrogens (tertiary/aromatic N) is 3. The molecule has 0 unspecified atom stereocenters. The molecule has 0 saturated heterocycles. The standard InChI is InChI=1S/C15H21N5O/c1-15(2,3)11-8-18-12(21-4)6-9(11)5-10-7-19-14(17)20-13(10)16/h6-8H,5H2,1-4H3,(H4,16,17,19,20). The molecule has 2 heterocycles. The van der Waals surface area contributed by atoms with Crippen molar-refractivity contribution in [1.82, 2.24) is 15.0 Å². The summed E-state index contributed by atoms with van der Waals surface area (Å²) < 4.78 is 5.22. The minimum absolute atomic E-state index is 0.0297. The maximum absolute atomic E-state index is 5.92. The number of nitrogen functional groups attached to an aromatic ring is 2. The van der Waals surface area contributed by atoms with Crippen molar-refractivity contribution >= 4 is 11.8 Å². The number of hydrogen-bond donors (Lipinski definition) is 2. The van der Waals surface area contributed by atoms with Crippen LogP contribution in [0.15, 0.2) is 18.5 Å². The second kappa shape index (κ2) is 5.55. The molecule has 0 bridgehead atoms. The first-order valence-corrected chi connectivity index (χ1v) is 6.71. The van der Waals surface area contributed by atoms with Gasteiger partial charge in [-0.25, -0.2) is 9.97 Å². The molecular formula is C15H21N5O. The average molecular weight is 287 g/mol. The molecule has 0 aliphatic carbocycles. The van der Waals surface area contributed by atoms with Crippen molar-refractivity contribution in [3.8, 4) is 5.88 Å². The highest BCUT2D eigenvalue weighted by Gasteiger charge is 2.20. The summed E-state index contributed by atoms with van der Waals surface area (Å²) in [5.74, 6) is 1.16. The van der Waals surface area contributed by atoms with E-state index in [9.17, 15) is 0 Å². The van der Waals surface area contributed by atoms with E-state index in [-0.39, 0.29) is 11.4 Å². The van der Waals surface area contributed by atoms with Gasteiger partial charge in [0, 0.05) is 30.4 Å².